The second-order valence-electron chi connectivity index (χ2n) is 4.45. The van der Waals surface area contributed by atoms with E-state index in [9.17, 15) is 4.79 Å². The number of nitrogens with one attached hydrogen (secondary N) is 1. The zero-order valence-corrected chi connectivity index (χ0v) is 14.0. The molecule has 5 heteroatoms. The van der Waals surface area contributed by atoms with Crippen molar-refractivity contribution in [3.63, 3.8) is 0 Å². The van der Waals surface area contributed by atoms with Gasteiger partial charge in [0.25, 0.3) is 5.91 Å². The summed E-state index contributed by atoms with van der Waals surface area (Å²) < 4.78 is 1.77. The van der Waals surface area contributed by atoms with E-state index in [4.69, 9.17) is 0 Å². The molecule has 1 amide bonds. The Labute approximate surface area is 138 Å². The quantitative estimate of drug-likeness (QED) is 0.650. The summed E-state index contributed by atoms with van der Waals surface area (Å²) in [5, 5.41) is 3.75. The summed E-state index contributed by atoms with van der Waals surface area (Å²) in [6.07, 6.45) is 1.72. The summed E-state index contributed by atoms with van der Waals surface area (Å²) in [5.74, 6) is -0.156. The molecular weight excluding hydrogens is 396 g/mol. The third-order valence-electron chi connectivity index (χ3n) is 3.07. The van der Waals surface area contributed by atoms with Crippen LogP contribution in [0.15, 0.2) is 63.7 Å². The first kappa shape index (κ1) is 14.2. The molecule has 0 unspecified atom stereocenters. The van der Waals surface area contributed by atoms with Gasteiger partial charge in [0.1, 0.15) is 0 Å². The number of carbonyl (C=O) groups excluding carboxylic acids is 1. The fourth-order valence-corrected chi connectivity index (χ4v) is 3.23. The highest BCUT2D eigenvalue weighted by atomic mass is 79.9. The summed E-state index contributed by atoms with van der Waals surface area (Å²) in [6, 6.07) is 14.9. The predicted molar refractivity (Wildman–Crippen MR) is 91.5 cm³/mol. The summed E-state index contributed by atoms with van der Waals surface area (Å²) in [7, 11) is 0. The lowest BCUT2D eigenvalue weighted by Crippen LogP contribution is -2.12. The van der Waals surface area contributed by atoms with Gasteiger partial charge in [-0.2, -0.15) is 0 Å². The van der Waals surface area contributed by atoms with Crippen LogP contribution in [0.3, 0.4) is 0 Å². The minimum absolute atomic E-state index is 0.156. The smallest absolute Gasteiger partial charge is 0.256 e. The average molecular weight is 406 g/mol. The Balaban J connectivity index is 1.97. The molecule has 104 valence electrons. The summed E-state index contributed by atoms with van der Waals surface area (Å²) in [4.78, 5) is 16.8. The zero-order chi connectivity index (χ0) is 14.8. The van der Waals surface area contributed by atoms with Gasteiger partial charge in [0, 0.05) is 26.1 Å². The lowest BCUT2D eigenvalue weighted by molar-refractivity contribution is 0.102. The Morgan fingerprint density at radius 1 is 1.05 bits per heavy atom. The van der Waals surface area contributed by atoms with Crippen LogP contribution in [-0.2, 0) is 0 Å². The number of carbonyl (C=O) groups is 1. The van der Waals surface area contributed by atoms with E-state index < -0.39 is 0 Å². The Bertz CT molecular complexity index is 828. The number of rotatable bonds is 2. The molecule has 3 rings (SSSR count). The molecular formula is C16H10Br2N2O. The van der Waals surface area contributed by atoms with Crippen LogP contribution in [-0.4, -0.2) is 10.9 Å². The van der Waals surface area contributed by atoms with Gasteiger partial charge in [0.2, 0.25) is 0 Å². The molecule has 1 aromatic heterocycles. The van der Waals surface area contributed by atoms with E-state index in [1.165, 1.54) is 0 Å². The molecule has 0 bridgehead atoms. The van der Waals surface area contributed by atoms with E-state index in [2.05, 4.69) is 42.2 Å². The van der Waals surface area contributed by atoms with Crippen molar-refractivity contribution < 1.29 is 4.79 Å². The molecule has 0 aliphatic carbocycles. The molecule has 0 spiro atoms. The molecule has 0 fully saturated rings. The fourth-order valence-electron chi connectivity index (χ4n) is 2.08. The molecule has 0 radical (unpaired) electrons. The zero-order valence-electron chi connectivity index (χ0n) is 10.8. The Morgan fingerprint density at radius 2 is 1.90 bits per heavy atom. The Morgan fingerprint density at radius 3 is 2.71 bits per heavy atom. The molecule has 0 aliphatic rings. The van der Waals surface area contributed by atoms with E-state index >= 15 is 0 Å². The number of aromatic nitrogens is 1. The number of amides is 1. The SMILES string of the molecule is O=C(Nc1ccc(Br)cc1Br)c1cccc2ncccc12. The van der Waals surface area contributed by atoms with Gasteiger partial charge < -0.3 is 5.32 Å². The van der Waals surface area contributed by atoms with Crippen molar-refractivity contribution in [1.29, 1.82) is 0 Å². The summed E-state index contributed by atoms with van der Waals surface area (Å²) >= 11 is 6.83. The van der Waals surface area contributed by atoms with E-state index in [1.54, 1.807) is 12.3 Å². The van der Waals surface area contributed by atoms with Gasteiger partial charge in [-0.15, -0.1) is 0 Å². The number of fused-ring (bicyclic) bond motifs is 1. The van der Waals surface area contributed by atoms with Crippen LogP contribution in [0, 0.1) is 0 Å². The Kier molecular flexibility index (Phi) is 4.03. The molecule has 2 aromatic carbocycles. The molecule has 21 heavy (non-hydrogen) atoms. The highest BCUT2D eigenvalue weighted by Gasteiger charge is 2.12. The van der Waals surface area contributed by atoms with E-state index in [1.807, 2.05) is 42.5 Å². The number of halogens is 2. The largest absolute Gasteiger partial charge is 0.321 e. The maximum atomic E-state index is 12.5. The Hall–Kier alpha value is -1.72. The molecule has 0 saturated carbocycles. The average Bonchev–Trinajstić information content (AvgIpc) is 2.49. The molecule has 3 nitrogen and oxygen atoms in total. The first-order valence-electron chi connectivity index (χ1n) is 6.25. The molecule has 0 atom stereocenters. The van der Waals surface area contributed by atoms with Crippen molar-refractivity contribution >= 4 is 54.4 Å². The minimum Gasteiger partial charge on any atom is -0.321 e. The molecule has 3 aromatic rings. The lowest BCUT2D eigenvalue weighted by atomic mass is 10.1. The topological polar surface area (TPSA) is 42.0 Å². The number of pyridine rings is 1. The van der Waals surface area contributed by atoms with Crippen LogP contribution in [0.5, 0.6) is 0 Å². The summed E-state index contributed by atoms with van der Waals surface area (Å²) in [6.45, 7) is 0. The van der Waals surface area contributed by atoms with Gasteiger partial charge in [-0.25, -0.2) is 0 Å². The van der Waals surface area contributed by atoms with Crippen molar-refractivity contribution in [2.75, 3.05) is 5.32 Å². The summed E-state index contributed by atoms with van der Waals surface area (Å²) in [5.41, 5.74) is 2.14. The second-order valence-corrected chi connectivity index (χ2v) is 6.22. The van der Waals surface area contributed by atoms with Gasteiger partial charge in [-0.1, -0.05) is 28.1 Å². The standard InChI is InChI=1S/C16H10Br2N2O/c17-10-6-7-15(13(18)9-10)20-16(21)12-3-1-5-14-11(12)4-2-8-19-14/h1-9H,(H,20,21). The molecule has 0 aliphatic heterocycles. The van der Waals surface area contributed by atoms with Crippen molar-refractivity contribution in [3.8, 4) is 0 Å². The van der Waals surface area contributed by atoms with E-state index in [0.29, 0.717) is 5.56 Å². The number of anilines is 1. The molecule has 0 saturated heterocycles. The highest BCUT2D eigenvalue weighted by molar-refractivity contribution is 9.11. The van der Waals surface area contributed by atoms with Crippen molar-refractivity contribution in [2.45, 2.75) is 0 Å². The van der Waals surface area contributed by atoms with Crippen molar-refractivity contribution in [1.82, 2.24) is 4.98 Å². The van der Waals surface area contributed by atoms with Gasteiger partial charge in [0.05, 0.1) is 11.2 Å². The number of hydrogen-bond acceptors (Lipinski definition) is 2. The van der Waals surface area contributed by atoms with Crippen LogP contribution in [0.2, 0.25) is 0 Å². The van der Waals surface area contributed by atoms with Gasteiger partial charge >= 0.3 is 0 Å². The number of hydrogen-bond donors (Lipinski definition) is 1. The third kappa shape index (κ3) is 2.99. The maximum absolute atomic E-state index is 12.5. The first-order valence-corrected chi connectivity index (χ1v) is 7.84. The highest BCUT2D eigenvalue weighted by Crippen LogP contribution is 2.27. The number of nitrogens with zero attached hydrogens (tertiary/aromatic N) is 1. The predicted octanol–water partition coefficient (Wildman–Crippen LogP) is 5.01. The van der Waals surface area contributed by atoms with Crippen molar-refractivity contribution in [3.05, 3.63) is 69.2 Å². The minimum atomic E-state index is -0.156. The van der Waals surface area contributed by atoms with Crippen LogP contribution < -0.4 is 5.32 Å². The first-order chi connectivity index (χ1) is 10.1. The van der Waals surface area contributed by atoms with Crippen LogP contribution in [0.1, 0.15) is 10.4 Å². The van der Waals surface area contributed by atoms with E-state index in [0.717, 1.165) is 25.5 Å². The maximum Gasteiger partial charge on any atom is 0.256 e. The number of benzene rings is 2. The molecule has 1 N–H and O–H groups in total. The third-order valence-corrected chi connectivity index (χ3v) is 4.22. The van der Waals surface area contributed by atoms with Gasteiger partial charge in [0.15, 0.2) is 0 Å². The van der Waals surface area contributed by atoms with Crippen LogP contribution in [0.25, 0.3) is 10.9 Å². The monoisotopic (exact) mass is 404 g/mol. The normalized spacial score (nSPS) is 10.6. The van der Waals surface area contributed by atoms with Crippen LogP contribution >= 0.6 is 31.9 Å². The fraction of sp³-hybridized carbons (Fsp3) is 0. The van der Waals surface area contributed by atoms with Gasteiger partial charge in [-0.3, -0.25) is 9.78 Å². The van der Waals surface area contributed by atoms with Crippen molar-refractivity contribution in [2.24, 2.45) is 0 Å². The van der Waals surface area contributed by atoms with Gasteiger partial charge in [-0.05, 0) is 52.3 Å². The lowest BCUT2D eigenvalue weighted by Gasteiger charge is -2.09. The second kappa shape index (κ2) is 5.95. The van der Waals surface area contributed by atoms with Crippen LogP contribution in [0.4, 0.5) is 5.69 Å². The molecule has 1 heterocycles. The van der Waals surface area contributed by atoms with E-state index in [-0.39, 0.29) is 5.91 Å².